The van der Waals surface area contributed by atoms with Crippen molar-refractivity contribution in [2.75, 3.05) is 24.6 Å². The van der Waals surface area contributed by atoms with Gasteiger partial charge in [-0.3, -0.25) is 0 Å². The van der Waals surface area contributed by atoms with Crippen molar-refractivity contribution in [3.05, 3.63) is 82.8 Å². The van der Waals surface area contributed by atoms with Gasteiger partial charge in [-0.05, 0) is 78.2 Å². The van der Waals surface area contributed by atoms with Crippen molar-refractivity contribution in [1.29, 1.82) is 0 Å². The number of anilines is 2. The van der Waals surface area contributed by atoms with Crippen LogP contribution in [0, 0.1) is 5.41 Å². The molecule has 6 rings (SSSR count). The number of pyridine rings is 2. The van der Waals surface area contributed by atoms with Crippen molar-refractivity contribution >= 4 is 78.2 Å². The molecule has 208 valence electrons. The Morgan fingerprint density at radius 1 is 0.732 bits per heavy atom. The zero-order chi connectivity index (χ0) is 28.9. The molecule has 0 unspecified atom stereocenters. The van der Waals surface area contributed by atoms with E-state index in [9.17, 15) is 5.11 Å². The number of halogens is 2. The van der Waals surface area contributed by atoms with Crippen LogP contribution >= 0.6 is 23.2 Å². The summed E-state index contributed by atoms with van der Waals surface area (Å²) in [6, 6.07) is 22.6. The summed E-state index contributed by atoms with van der Waals surface area (Å²) < 4.78 is 6.23. The first kappa shape index (κ1) is 27.3. The Kier molecular flexibility index (Phi) is 7.02. The molecule has 0 amide bonds. The molecule has 41 heavy (non-hydrogen) atoms. The molecule has 8 heteroatoms. The topological polar surface area (TPSA) is 84.5 Å². The lowest BCUT2D eigenvalue weighted by Gasteiger charge is -2.30. The van der Waals surface area contributed by atoms with Crippen molar-refractivity contribution in [3.63, 3.8) is 0 Å². The van der Waals surface area contributed by atoms with Crippen LogP contribution in [0.2, 0.25) is 10.0 Å². The average molecular weight is 586 g/mol. The molecular weight excluding hydrogens is 555 g/mol. The number of rotatable bonds is 6. The third-order valence-corrected chi connectivity index (χ3v) is 7.40. The lowest BCUT2D eigenvalue weighted by Crippen LogP contribution is -2.26. The molecule has 6 aromatic rings. The van der Waals surface area contributed by atoms with Gasteiger partial charge in [-0.1, -0.05) is 44.0 Å². The van der Waals surface area contributed by atoms with E-state index in [2.05, 4.69) is 25.7 Å². The maximum atomic E-state index is 10.6. The number of fused-ring (bicyclic) bond motifs is 4. The van der Waals surface area contributed by atoms with Gasteiger partial charge in [0, 0.05) is 44.7 Å². The van der Waals surface area contributed by atoms with Gasteiger partial charge in [-0.15, -0.1) is 0 Å². The predicted molar refractivity (Wildman–Crippen MR) is 171 cm³/mol. The molecule has 6 nitrogen and oxygen atoms in total. The first-order valence-electron chi connectivity index (χ1n) is 13.5. The van der Waals surface area contributed by atoms with Crippen LogP contribution in [0.4, 0.5) is 11.4 Å². The third-order valence-electron chi connectivity index (χ3n) is 6.93. The van der Waals surface area contributed by atoms with E-state index in [1.54, 1.807) is 12.1 Å². The van der Waals surface area contributed by atoms with Gasteiger partial charge in [0.1, 0.15) is 11.5 Å². The second kappa shape index (κ2) is 10.5. The van der Waals surface area contributed by atoms with E-state index in [0.29, 0.717) is 29.7 Å². The number of nitrogens with two attached hydrogens (primary N) is 1. The van der Waals surface area contributed by atoms with Gasteiger partial charge in [0.2, 0.25) is 0 Å². The molecule has 0 aliphatic heterocycles. The Balaban J connectivity index is 1.73. The number of phenols is 1. The number of aromatic nitrogens is 2. The van der Waals surface area contributed by atoms with Crippen LogP contribution in [0.15, 0.2) is 72.8 Å². The summed E-state index contributed by atoms with van der Waals surface area (Å²) in [4.78, 5) is 12.0. The maximum Gasteiger partial charge on any atom is 0.120 e. The first-order chi connectivity index (χ1) is 19.6. The molecule has 0 fully saturated rings. The van der Waals surface area contributed by atoms with Crippen LogP contribution in [0.1, 0.15) is 20.8 Å². The van der Waals surface area contributed by atoms with E-state index in [0.717, 1.165) is 60.7 Å². The highest BCUT2D eigenvalue weighted by Gasteiger charge is 2.23. The molecule has 3 N–H and O–H groups in total. The van der Waals surface area contributed by atoms with Crippen LogP contribution < -0.4 is 15.4 Å². The molecule has 0 spiro atoms. The van der Waals surface area contributed by atoms with Crippen molar-refractivity contribution in [2.45, 2.75) is 20.8 Å². The summed E-state index contributed by atoms with van der Waals surface area (Å²) >= 11 is 12.8. The quantitative estimate of drug-likeness (QED) is 0.190. The first-order valence-corrected chi connectivity index (χ1v) is 14.2. The second-order valence-electron chi connectivity index (χ2n) is 11.4. The van der Waals surface area contributed by atoms with Gasteiger partial charge in [0.15, 0.2) is 0 Å². The minimum Gasteiger partial charge on any atom is -0.508 e. The van der Waals surface area contributed by atoms with Crippen LogP contribution in [0.3, 0.4) is 0 Å². The summed E-state index contributed by atoms with van der Waals surface area (Å²) in [5, 5.41) is 15.2. The fourth-order valence-electron chi connectivity index (χ4n) is 5.19. The molecule has 0 radical (unpaired) electrons. The molecular formula is C33H30Cl2N4O2. The van der Waals surface area contributed by atoms with Crippen molar-refractivity contribution in [2.24, 2.45) is 11.1 Å². The van der Waals surface area contributed by atoms with E-state index >= 15 is 0 Å². The van der Waals surface area contributed by atoms with E-state index in [4.69, 9.17) is 43.6 Å². The molecule has 0 saturated carbocycles. The highest BCUT2D eigenvalue weighted by Crippen LogP contribution is 2.45. The summed E-state index contributed by atoms with van der Waals surface area (Å²) in [6.07, 6.45) is 0. The van der Waals surface area contributed by atoms with Crippen molar-refractivity contribution in [1.82, 2.24) is 9.97 Å². The van der Waals surface area contributed by atoms with Gasteiger partial charge in [-0.2, -0.15) is 0 Å². The molecule has 4 aromatic carbocycles. The molecule has 0 aliphatic rings. The third kappa shape index (κ3) is 5.31. The van der Waals surface area contributed by atoms with Crippen LogP contribution in [-0.2, 0) is 0 Å². The summed E-state index contributed by atoms with van der Waals surface area (Å²) in [7, 11) is 0. The predicted octanol–water partition coefficient (Wildman–Crippen LogP) is 8.62. The normalized spacial score (nSPS) is 12.0. The zero-order valence-electron chi connectivity index (χ0n) is 23.1. The number of ether oxygens (including phenoxy) is 1. The Bertz CT molecular complexity index is 1950. The number of benzene rings is 4. The zero-order valence-corrected chi connectivity index (χ0v) is 24.6. The number of phenolic OH excluding ortho intramolecular Hbond substituents is 1. The Morgan fingerprint density at radius 2 is 1.29 bits per heavy atom. The number of hydrogen-bond acceptors (Lipinski definition) is 6. The van der Waals surface area contributed by atoms with Gasteiger partial charge in [-0.25, -0.2) is 9.97 Å². The van der Waals surface area contributed by atoms with E-state index in [1.807, 2.05) is 60.7 Å². The summed E-state index contributed by atoms with van der Waals surface area (Å²) in [6.45, 7) is 7.84. The fourth-order valence-corrected chi connectivity index (χ4v) is 5.53. The average Bonchev–Trinajstić information content (AvgIpc) is 2.92. The molecule has 2 aromatic heterocycles. The van der Waals surface area contributed by atoms with Gasteiger partial charge < -0.3 is 20.5 Å². The molecule has 0 bridgehead atoms. The molecule has 0 saturated heterocycles. The van der Waals surface area contributed by atoms with Crippen LogP contribution in [0.5, 0.6) is 11.5 Å². The largest absolute Gasteiger partial charge is 0.508 e. The summed E-state index contributed by atoms with van der Waals surface area (Å²) in [5.41, 5.74) is 11.1. The second-order valence-corrected chi connectivity index (χ2v) is 12.3. The van der Waals surface area contributed by atoms with E-state index in [-0.39, 0.29) is 11.2 Å². The van der Waals surface area contributed by atoms with E-state index < -0.39 is 0 Å². The smallest absolute Gasteiger partial charge is 0.120 e. The minimum atomic E-state index is -0.0000979. The SMILES string of the molecule is CC(C)(C)COc1ccc2nc3cc(Cl)ccc3c(N(CCN)c3c4ccc(Cl)cc4nc4ccc(O)cc34)c2c1. The Hall–Kier alpha value is -3.84. The molecule has 2 heterocycles. The van der Waals surface area contributed by atoms with Gasteiger partial charge in [0.25, 0.3) is 0 Å². The molecule has 0 atom stereocenters. The highest BCUT2D eigenvalue weighted by atomic mass is 35.5. The fraction of sp³-hybridized carbons (Fsp3) is 0.212. The van der Waals surface area contributed by atoms with Gasteiger partial charge in [0.05, 0.1) is 40.0 Å². The Morgan fingerprint density at radius 3 is 1.85 bits per heavy atom. The lowest BCUT2D eigenvalue weighted by atomic mass is 9.98. The number of hydrogen-bond donors (Lipinski definition) is 2. The van der Waals surface area contributed by atoms with Crippen LogP contribution in [0.25, 0.3) is 43.6 Å². The standard InChI is InChI=1S/C33H30Cl2N4O2/c1-33(2,3)18-41-22-7-11-28-26(17-22)32(24-9-5-20(35)15-30(24)38-28)39(13-12-36)31-23-8-4-19(34)14-29(23)37-27-10-6-21(40)16-25(27)31/h4-11,14-17,40H,12-13,18,36H2,1-3H3. The Labute approximate surface area is 248 Å². The number of nitrogens with zero attached hydrogens (tertiary/aromatic N) is 3. The maximum absolute atomic E-state index is 10.6. The van der Waals surface area contributed by atoms with Crippen molar-refractivity contribution in [3.8, 4) is 11.5 Å². The number of aromatic hydroxyl groups is 1. The van der Waals surface area contributed by atoms with E-state index in [1.165, 1.54) is 0 Å². The lowest BCUT2D eigenvalue weighted by molar-refractivity contribution is 0.198. The van der Waals surface area contributed by atoms with Crippen molar-refractivity contribution < 1.29 is 9.84 Å². The molecule has 0 aliphatic carbocycles. The van der Waals surface area contributed by atoms with Gasteiger partial charge >= 0.3 is 0 Å². The van der Waals surface area contributed by atoms with Crippen LogP contribution in [-0.4, -0.2) is 34.8 Å². The highest BCUT2D eigenvalue weighted by molar-refractivity contribution is 6.32. The minimum absolute atomic E-state index is 0.0000979. The summed E-state index contributed by atoms with van der Waals surface area (Å²) in [5.74, 6) is 0.904. The monoisotopic (exact) mass is 584 g/mol.